The molecule has 7 nitrogen and oxygen atoms in total. The van der Waals surface area contributed by atoms with Crippen molar-refractivity contribution >= 4 is 45.6 Å². The van der Waals surface area contributed by atoms with Gasteiger partial charge < -0.3 is 16.0 Å². The lowest BCUT2D eigenvalue weighted by Gasteiger charge is -2.30. The van der Waals surface area contributed by atoms with Crippen LogP contribution in [0.3, 0.4) is 0 Å². The molecule has 1 saturated carbocycles. The van der Waals surface area contributed by atoms with E-state index in [9.17, 15) is 4.79 Å². The highest BCUT2D eigenvalue weighted by molar-refractivity contribution is 6.31. The Morgan fingerprint density at radius 3 is 2.46 bits per heavy atom. The number of Topliss-reactive ketones (excluding diaryl/α,β-unsaturated/α-hetero) is 1. The average molecular weight is 541 g/mol. The van der Waals surface area contributed by atoms with E-state index in [1.165, 1.54) is 5.56 Å². The van der Waals surface area contributed by atoms with Crippen molar-refractivity contribution in [3.05, 3.63) is 70.6 Å². The Bertz CT molecular complexity index is 1540. The molecule has 6 rings (SSSR count). The van der Waals surface area contributed by atoms with Crippen LogP contribution in [0, 0.1) is 12.8 Å². The minimum absolute atomic E-state index is 0.0695. The molecule has 1 aliphatic heterocycles. The van der Waals surface area contributed by atoms with E-state index in [0.717, 1.165) is 89.2 Å². The predicted octanol–water partition coefficient (Wildman–Crippen LogP) is 6.48. The number of carbonyl (C=O) groups excluding carboxylic acids is 1. The van der Waals surface area contributed by atoms with Crippen molar-refractivity contribution < 1.29 is 4.79 Å². The van der Waals surface area contributed by atoms with E-state index in [-0.39, 0.29) is 17.7 Å². The molecule has 0 radical (unpaired) electrons. The van der Waals surface area contributed by atoms with E-state index in [0.29, 0.717) is 11.5 Å². The van der Waals surface area contributed by atoms with Crippen molar-refractivity contribution in [1.29, 1.82) is 0 Å². The minimum atomic E-state index is 0.0695. The Morgan fingerprint density at radius 2 is 1.77 bits per heavy atom. The molecule has 2 aromatic carbocycles. The summed E-state index contributed by atoms with van der Waals surface area (Å²) in [4.78, 5) is 29.4. The number of rotatable bonds is 7. The number of benzene rings is 2. The number of pyridine rings is 1. The molecule has 0 bridgehead atoms. The number of nitrogens with one attached hydrogen (secondary N) is 1. The molecule has 0 atom stereocenters. The second-order valence-corrected chi connectivity index (χ2v) is 11.1. The SMILES string of the molecule is CCc1cc(-c2ccc3ncc(C(=O)C4CC4)c(Nc4cnc(N5CCC(N)CC5)nc4)c3c2)cc(Cl)c1C. The number of hydrogen-bond donors (Lipinski definition) is 2. The van der Waals surface area contributed by atoms with Crippen LogP contribution in [-0.2, 0) is 6.42 Å². The second kappa shape index (κ2) is 10.5. The summed E-state index contributed by atoms with van der Waals surface area (Å²) in [5.41, 5.74) is 13.3. The molecule has 0 unspecified atom stereocenters. The van der Waals surface area contributed by atoms with E-state index in [4.69, 9.17) is 17.3 Å². The molecule has 3 N–H and O–H groups in total. The lowest BCUT2D eigenvalue weighted by atomic mass is 9.96. The zero-order valence-corrected chi connectivity index (χ0v) is 23.1. The standard InChI is InChI=1S/C31H33ClN6O/c1-3-19-12-22(14-27(32)18(19)2)21-6-7-28-25(13-21)29(26(17-34-28)30(39)20-4-5-20)37-24-15-35-31(36-16-24)38-10-8-23(33)9-11-38/h6-7,12-17,20,23H,3-5,8-11,33H2,1-2H3,(H,34,37). The largest absolute Gasteiger partial charge is 0.352 e. The van der Waals surface area contributed by atoms with Crippen LogP contribution in [0.25, 0.3) is 22.0 Å². The second-order valence-electron chi connectivity index (χ2n) is 10.7. The average Bonchev–Trinajstić information content (AvgIpc) is 3.81. The molecule has 3 heterocycles. The minimum Gasteiger partial charge on any atom is -0.352 e. The van der Waals surface area contributed by atoms with Gasteiger partial charge in [-0.2, -0.15) is 0 Å². The van der Waals surface area contributed by atoms with Gasteiger partial charge in [0.1, 0.15) is 0 Å². The van der Waals surface area contributed by atoms with Gasteiger partial charge in [-0.3, -0.25) is 9.78 Å². The molecule has 1 aliphatic carbocycles. The molecule has 200 valence electrons. The highest BCUT2D eigenvalue weighted by atomic mass is 35.5. The van der Waals surface area contributed by atoms with Gasteiger partial charge in [-0.15, -0.1) is 0 Å². The number of piperidine rings is 1. The molecular weight excluding hydrogens is 508 g/mol. The summed E-state index contributed by atoms with van der Waals surface area (Å²) in [5.74, 6) is 0.901. The first-order valence-corrected chi connectivity index (χ1v) is 14.1. The van der Waals surface area contributed by atoms with Gasteiger partial charge in [0, 0.05) is 41.7 Å². The summed E-state index contributed by atoms with van der Waals surface area (Å²) in [5, 5.41) is 5.12. The third kappa shape index (κ3) is 5.21. The zero-order valence-electron chi connectivity index (χ0n) is 22.4. The molecule has 4 aromatic rings. The normalized spacial score (nSPS) is 16.1. The summed E-state index contributed by atoms with van der Waals surface area (Å²) in [6, 6.07) is 10.6. The monoisotopic (exact) mass is 540 g/mol. The van der Waals surface area contributed by atoms with Gasteiger partial charge in [0.15, 0.2) is 5.78 Å². The molecule has 2 fully saturated rings. The highest BCUT2D eigenvalue weighted by Gasteiger charge is 2.32. The maximum Gasteiger partial charge on any atom is 0.225 e. The van der Waals surface area contributed by atoms with Crippen molar-refractivity contribution in [1.82, 2.24) is 15.0 Å². The maximum atomic E-state index is 13.3. The number of ketones is 1. The van der Waals surface area contributed by atoms with Crippen LogP contribution < -0.4 is 16.0 Å². The summed E-state index contributed by atoms with van der Waals surface area (Å²) >= 11 is 6.60. The molecular formula is C31H33ClN6O. The fourth-order valence-electron chi connectivity index (χ4n) is 5.32. The van der Waals surface area contributed by atoms with Crippen LogP contribution in [0.2, 0.25) is 5.02 Å². The van der Waals surface area contributed by atoms with Gasteiger partial charge in [0.25, 0.3) is 0 Å². The van der Waals surface area contributed by atoms with Gasteiger partial charge in [0.05, 0.1) is 34.8 Å². The fourth-order valence-corrected chi connectivity index (χ4v) is 5.56. The Morgan fingerprint density at radius 1 is 1.03 bits per heavy atom. The number of fused-ring (bicyclic) bond motifs is 1. The van der Waals surface area contributed by atoms with E-state index >= 15 is 0 Å². The molecule has 0 spiro atoms. The summed E-state index contributed by atoms with van der Waals surface area (Å²) in [6.45, 7) is 5.90. The number of nitrogens with two attached hydrogens (primary N) is 1. The van der Waals surface area contributed by atoms with Crippen molar-refractivity contribution in [2.75, 3.05) is 23.3 Å². The number of carbonyl (C=O) groups is 1. The van der Waals surface area contributed by atoms with Crippen LogP contribution in [0.4, 0.5) is 17.3 Å². The van der Waals surface area contributed by atoms with E-state index in [2.05, 4.69) is 57.2 Å². The molecule has 2 aromatic heterocycles. The highest BCUT2D eigenvalue weighted by Crippen LogP contribution is 2.39. The number of aryl methyl sites for hydroxylation is 1. The lowest BCUT2D eigenvalue weighted by Crippen LogP contribution is -2.40. The van der Waals surface area contributed by atoms with Crippen LogP contribution in [0.5, 0.6) is 0 Å². The fraction of sp³-hybridized carbons (Fsp3) is 0.355. The Hall–Kier alpha value is -3.55. The number of halogens is 1. The van der Waals surface area contributed by atoms with Gasteiger partial charge in [0.2, 0.25) is 5.95 Å². The number of hydrogen-bond acceptors (Lipinski definition) is 7. The number of nitrogens with zero attached hydrogens (tertiary/aromatic N) is 4. The van der Waals surface area contributed by atoms with Crippen molar-refractivity contribution in [3.63, 3.8) is 0 Å². The molecule has 1 saturated heterocycles. The Balaban J connectivity index is 1.40. The topological polar surface area (TPSA) is 97.0 Å². The van der Waals surface area contributed by atoms with Crippen LogP contribution >= 0.6 is 11.6 Å². The van der Waals surface area contributed by atoms with Crippen LogP contribution in [0.15, 0.2) is 48.9 Å². The molecule has 8 heteroatoms. The zero-order chi connectivity index (χ0) is 27.1. The molecule has 2 aliphatic rings. The van der Waals surface area contributed by atoms with Crippen LogP contribution in [0.1, 0.15) is 54.1 Å². The predicted molar refractivity (Wildman–Crippen MR) is 158 cm³/mol. The van der Waals surface area contributed by atoms with E-state index in [1.807, 2.05) is 12.1 Å². The van der Waals surface area contributed by atoms with Gasteiger partial charge >= 0.3 is 0 Å². The van der Waals surface area contributed by atoms with Crippen molar-refractivity contribution in [2.24, 2.45) is 11.7 Å². The first-order chi connectivity index (χ1) is 18.9. The third-order valence-corrected chi connectivity index (χ3v) is 8.37. The Kier molecular flexibility index (Phi) is 6.95. The molecule has 0 amide bonds. The Labute approximate surface area is 233 Å². The smallest absolute Gasteiger partial charge is 0.225 e. The first-order valence-electron chi connectivity index (χ1n) is 13.8. The summed E-state index contributed by atoms with van der Waals surface area (Å²) < 4.78 is 0. The van der Waals surface area contributed by atoms with Crippen LogP contribution in [-0.4, -0.2) is 39.9 Å². The molecule has 39 heavy (non-hydrogen) atoms. The quantitative estimate of drug-likeness (QED) is 0.259. The summed E-state index contributed by atoms with van der Waals surface area (Å²) in [7, 11) is 0. The number of aromatic nitrogens is 3. The summed E-state index contributed by atoms with van der Waals surface area (Å²) in [6.07, 6.45) is 9.90. The van der Waals surface area contributed by atoms with E-state index in [1.54, 1.807) is 18.6 Å². The van der Waals surface area contributed by atoms with Gasteiger partial charge in [-0.05, 0) is 79.5 Å². The number of anilines is 3. The van der Waals surface area contributed by atoms with Crippen molar-refractivity contribution in [2.45, 2.75) is 52.0 Å². The van der Waals surface area contributed by atoms with E-state index < -0.39 is 0 Å². The third-order valence-electron chi connectivity index (χ3n) is 7.98. The lowest BCUT2D eigenvalue weighted by molar-refractivity contribution is 0.0968. The van der Waals surface area contributed by atoms with Gasteiger partial charge in [-0.1, -0.05) is 30.7 Å². The first kappa shape index (κ1) is 25.7. The van der Waals surface area contributed by atoms with Gasteiger partial charge in [-0.25, -0.2) is 9.97 Å². The maximum absolute atomic E-state index is 13.3. The van der Waals surface area contributed by atoms with Crippen molar-refractivity contribution in [3.8, 4) is 11.1 Å².